The predicted octanol–water partition coefficient (Wildman–Crippen LogP) is 3.66. The maximum absolute atomic E-state index is 3.57. The molecule has 1 saturated carbocycles. The number of benzene rings is 1. The normalized spacial score (nSPS) is 16.4. The van der Waals surface area contributed by atoms with Gasteiger partial charge in [-0.2, -0.15) is 0 Å². The Morgan fingerprint density at radius 1 is 1.21 bits per heavy atom. The van der Waals surface area contributed by atoms with Gasteiger partial charge in [0.15, 0.2) is 0 Å². The average molecular weight is 185 g/mol. The standard InChI is InChI=1S/C13H15N/c1-8-3-4-11-7-12(10-5-6-10)14-13(11)9(8)2/h3-4,7,10,14H,5-6H2,1-2H3. The van der Waals surface area contributed by atoms with Gasteiger partial charge >= 0.3 is 0 Å². The van der Waals surface area contributed by atoms with Crippen LogP contribution in [0.15, 0.2) is 18.2 Å². The molecule has 1 aromatic heterocycles. The third-order valence-corrected chi connectivity index (χ3v) is 3.37. The van der Waals surface area contributed by atoms with Crippen LogP contribution in [-0.4, -0.2) is 4.98 Å². The fraction of sp³-hybridized carbons (Fsp3) is 0.385. The van der Waals surface area contributed by atoms with E-state index in [-0.39, 0.29) is 0 Å². The van der Waals surface area contributed by atoms with E-state index >= 15 is 0 Å². The Hall–Kier alpha value is -1.24. The Balaban J connectivity index is 2.26. The third-order valence-electron chi connectivity index (χ3n) is 3.37. The molecule has 0 radical (unpaired) electrons. The molecule has 0 atom stereocenters. The van der Waals surface area contributed by atoms with Gasteiger partial charge in [-0.1, -0.05) is 12.1 Å². The molecular weight excluding hydrogens is 170 g/mol. The molecule has 0 saturated heterocycles. The van der Waals surface area contributed by atoms with Crippen LogP contribution in [-0.2, 0) is 0 Å². The lowest BCUT2D eigenvalue weighted by molar-refractivity contribution is 1.06. The first kappa shape index (κ1) is 8.10. The monoisotopic (exact) mass is 185 g/mol. The van der Waals surface area contributed by atoms with Crippen LogP contribution in [0, 0.1) is 13.8 Å². The molecule has 2 aromatic rings. The van der Waals surface area contributed by atoms with Crippen LogP contribution < -0.4 is 0 Å². The molecule has 1 heteroatoms. The van der Waals surface area contributed by atoms with Gasteiger partial charge in [0.1, 0.15) is 0 Å². The Bertz CT molecular complexity index is 489. The van der Waals surface area contributed by atoms with Crippen molar-refractivity contribution in [2.75, 3.05) is 0 Å². The van der Waals surface area contributed by atoms with E-state index in [0.29, 0.717) is 0 Å². The lowest BCUT2D eigenvalue weighted by Gasteiger charge is -2.00. The van der Waals surface area contributed by atoms with Crippen LogP contribution >= 0.6 is 0 Å². The number of nitrogens with one attached hydrogen (secondary N) is 1. The summed E-state index contributed by atoms with van der Waals surface area (Å²) >= 11 is 0. The van der Waals surface area contributed by atoms with E-state index in [9.17, 15) is 0 Å². The minimum Gasteiger partial charge on any atom is -0.358 e. The van der Waals surface area contributed by atoms with E-state index in [2.05, 4.69) is 37.0 Å². The summed E-state index contributed by atoms with van der Waals surface area (Å²) < 4.78 is 0. The molecule has 1 fully saturated rings. The SMILES string of the molecule is Cc1ccc2cc(C3CC3)[nH]c2c1C. The average Bonchev–Trinajstić information content (AvgIpc) is 2.93. The molecule has 1 heterocycles. The zero-order valence-corrected chi connectivity index (χ0v) is 8.72. The Morgan fingerprint density at radius 2 is 2.00 bits per heavy atom. The Kier molecular flexibility index (Phi) is 1.52. The van der Waals surface area contributed by atoms with Gasteiger partial charge in [-0.15, -0.1) is 0 Å². The first-order chi connectivity index (χ1) is 6.75. The number of H-pyrrole nitrogens is 1. The first-order valence-electron chi connectivity index (χ1n) is 5.34. The Morgan fingerprint density at radius 3 is 2.71 bits per heavy atom. The van der Waals surface area contributed by atoms with E-state index in [1.165, 1.54) is 40.6 Å². The second-order valence-electron chi connectivity index (χ2n) is 4.47. The molecule has 0 unspecified atom stereocenters. The van der Waals surface area contributed by atoms with E-state index in [4.69, 9.17) is 0 Å². The van der Waals surface area contributed by atoms with Crippen LogP contribution in [0.4, 0.5) is 0 Å². The number of aryl methyl sites for hydroxylation is 2. The lowest BCUT2D eigenvalue weighted by Crippen LogP contribution is -1.82. The van der Waals surface area contributed by atoms with Crippen LogP contribution in [0.5, 0.6) is 0 Å². The molecule has 1 aromatic carbocycles. The van der Waals surface area contributed by atoms with Gasteiger partial charge in [-0.3, -0.25) is 0 Å². The first-order valence-corrected chi connectivity index (χ1v) is 5.34. The van der Waals surface area contributed by atoms with Crippen LogP contribution in [0.25, 0.3) is 10.9 Å². The molecule has 1 N–H and O–H groups in total. The van der Waals surface area contributed by atoms with Crippen molar-refractivity contribution in [2.24, 2.45) is 0 Å². The maximum atomic E-state index is 3.57. The quantitative estimate of drug-likeness (QED) is 0.697. The molecular formula is C13H15N. The smallest absolute Gasteiger partial charge is 0.0488 e. The highest BCUT2D eigenvalue weighted by atomic mass is 14.7. The van der Waals surface area contributed by atoms with E-state index in [1.54, 1.807) is 0 Å². The summed E-state index contributed by atoms with van der Waals surface area (Å²) in [6.07, 6.45) is 2.73. The molecule has 0 aliphatic heterocycles. The van der Waals surface area contributed by atoms with Crippen molar-refractivity contribution in [1.82, 2.24) is 4.98 Å². The van der Waals surface area contributed by atoms with Crippen LogP contribution in [0.3, 0.4) is 0 Å². The molecule has 0 spiro atoms. The van der Waals surface area contributed by atoms with Crippen LogP contribution in [0.1, 0.15) is 35.6 Å². The van der Waals surface area contributed by atoms with Crippen molar-refractivity contribution in [3.05, 3.63) is 35.0 Å². The number of aromatic amines is 1. The largest absolute Gasteiger partial charge is 0.358 e. The minimum absolute atomic E-state index is 0.821. The summed E-state index contributed by atoms with van der Waals surface area (Å²) in [6.45, 7) is 4.37. The van der Waals surface area contributed by atoms with Gasteiger partial charge in [0, 0.05) is 11.2 Å². The third kappa shape index (κ3) is 1.08. The number of fused-ring (bicyclic) bond motifs is 1. The summed E-state index contributed by atoms with van der Waals surface area (Å²) in [4.78, 5) is 3.57. The lowest BCUT2D eigenvalue weighted by atomic mass is 10.1. The summed E-state index contributed by atoms with van der Waals surface area (Å²) in [5.41, 5.74) is 5.55. The highest BCUT2D eigenvalue weighted by Gasteiger charge is 2.25. The second-order valence-corrected chi connectivity index (χ2v) is 4.47. The molecule has 0 bridgehead atoms. The topological polar surface area (TPSA) is 15.8 Å². The highest BCUT2D eigenvalue weighted by molar-refractivity contribution is 5.84. The van der Waals surface area contributed by atoms with Gasteiger partial charge in [0.05, 0.1) is 0 Å². The molecule has 1 aliphatic rings. The summed E-state index contributed by atoms with van der Waals surface area (Å²) in [7, 11) is 0. The molecule has 1 aliphatic carbocycles. The number of hydrogen-bond donors (Lipinski definition) is 1. The Labute approximate surface area is 84.1 Å². The summed E-state index contributed by atoms with van der Waals surface area (Å²) in [5.74, 6) is 0.821. The van der Waals surface area contributed by atoms with E-state index in [1.807, 2.05) is 0 Å². The van der Waals surface area contributed by atoms with Crippen molar-refractivity contribution in [3.8, 4) is 0 Å². The van der Waals surface area contributed by atoms with E-state index < -0.39 is 0 Å². The number of rotatable bonds is 1. The predicted molar refractivity (Wildman–Crippen MR) is 59.7 cm³/mol. The van der Waals surface area contributed by atoms with E-state index in [0.717, 1.165) is 5.92 Å². The fourth-order valence-electron chi connectivity index (χ4n) is 2.09. The van der Waals surface area contributed by atoms with Gasteiger partial charge in [0.25, 0.3) is 0 Å². The molecule has 0 amide bonds. The minimum atomic E-state index is 0.821. The molecule has 1 nitrogen and oxygen atoms in total. The van der Waals surface area contributed by atoms with Crippen molar-refractivity contribution in [2.45, 2.75) is 32.6 Å². The molecule has 14 heavy (non-hydrogen) atoms. The van der Waals surface area contributed by atoms with Gasteiger partial charge in [-0.25, -0.2) is 0 Å². The fourth-order valence-corrected chi connectivity index (χ4v) is 2.09. The molecule has 3 rings (SSSR count). The summed E-state index contributed by atoms with van der Waals surface area (Å²) in [5, 5.41) is 1.37. The zero-order valence-electron chi connectivity index (χ0n) is 8.72. The molecule has 72 valence electrons. The maximum Gasteiger partial charge on any atom is 0.0488 e. The van der Waals surface area contributed by atoms with Crippen LogP contribution in [0.2, 0.25) is 0 Å². The number of aromatic nitrogens is 1. The summed E-state index contributed by atoms with van der Waals surface area (Å²) in [6, 6.07) is 6.75. The zero-order chi connectivity index (χ0) is 9.71. The van der Waals surface area contributed by atoms with Gasteiger partial charge < -0.3 is 4.98 Å². The number of hydrogen-bond acceptors (Lipinski definition) is 0. The van der Waals surface area contributed by atoms with Gasteiger partial charge in [-0.05, 0) is 55.2 Å². The van der Waals surface area contributed by atoms with Gasteiger partial charge in [0.2, 0.25) is 0 Å². The second kappa shape index (κ2) is 2.63. The van der Waals surface area contributed by atoms with Crippen molar-refractivity contribution >= 4 is 10.9 Å². The van der Waals surface area contributed by atoms with Crippen molar-refractivity contribution in [1.29, 1.82) is 0 Å². The highest BCUT2D eigenvalue weighted by Crippen LogP contribution is 2.40. The van der Waals surface area contributed by atoms with Crippen molar-refractivity contribution < 1.29 is 0 Å². The van der Waals surface area contributed by atoms with Crippen molar-refractivity contribution in [3.63, 3.8) is 0 Å².